The second-order valence-corrected chi connectivity index (χ2v) is 6.50. The van der Waals surface area contributed by atoms with Gasteiger partial charge >= 0.3 is 5.97 Å². The number of halogens is 1. The molecular weight excluding hydrogens is 386 g/mol. The number of hydrogen-bond donors (Lipinski definition) is 3. The van der Waals surface area contributed by atoms with E-state index < -0.39 is 18.0 Å². The van der Waals surface area contributed by atoms with E-state index in [0.717, 1.165) is 0 Å². The van der Waals surface area contributed by atoms with Crippen LogP contribution < -0.4 is 15.2 Å². The molecular formula is C20H22ClNO6. The number of nitrogens with two attached hydrogens (primary N) is 1. The number of aliphatic carboxylic acids is 1. The fourth-order valence-corrected chi connectivity index (χ4v) is 2.82. The van der Waals surface area contributed by atoms with Crippen LogP contribution in [0, 0.1) is 0 Å². The van der Waals surface area contributed by atoms with Gasteiger partial charge in [-0.05, 0) is 31.4 Å². The second-order valence-electron chi connectivity index (χ2n) is 6.09. The van der Waals surface area contributed by atoms with Crippen molar-refractivity contribution in [3.8, 4) is 17.2 Å². The molecule has 0 spiro atoms. The van der Waals surface area contributed by atoms with Crippen molar-refractivity contribution in [2.24, 2.45) is 5.73 Å². The van der Waals surface area contributed by atoms with Crippen LogP contribution >= 0.6 is 11.6 Å². The van der Waals surface area contributed by atoms with Gasteiger partial charge in [-0.25, -0.2) is 0 Å². The summed E-state index contributed by atoms with van der Waals surface area (Å²) < 4.78 is 11.4. The number of primary amides is 1. The first-order valence-corrected chi connectivity index (χ1v) is 9.14. The van der Waals surface area contributed by atoms with Gasteiger partial charge in [0.15, 0.2) is 6.10 Å². The molecule has 0 saturated heterocycles. The number of carboxylic acids is 1. The van der Waals surface area contributed by atoms with Crippen molar-refractivity contribution in [1.82, 2.24) is 0 Å². The number of carbonyl (C=O) groups excluding carboxylic acids is 1. The number of unbranched alkanes of at least 4 members (excludes halogenated alkanes) is 2. The third-order valence-electron chi connectivity index (χ3n) is 3.88. The van der Waals surface area contributed by atoms with Crippen molar-refractivity contribution in [3.05, 3.63) is 53.1 Å². The lowest BCUT2D eigenvalue weighted by molar-refractivity contribution is -0.137. The molecule has 2 aromatic rings. The second kappa shape index (κ2) is 10.5. The standard InChI is InChI=1S/C20H22ClNO6/c21-15-11-14(28-13-7-3-1-4-8-13)12-16(18(15)19(25)20(22)26)27-10-6-2-5-9-17(23)24/h1,3-4,7-8,11-12,19,25H,2,5-6,9-10H2,(H2,22,26)(H,23,24). The van der Waals surface area contributed by atoms with Crippen molar-refractivity contribution in [3.63, 3.8) is 0 Å². The Morgan fingerprint density at radius 2 is 1.79 bits per heavy atom. The van der Waals surface area contributed by atoms with Gasteiger partial charge < -0.3 is 25.4 Å². The van der Waals surface area contributed by atoms with Gasteiger partial charge in [-0.15, -0.1) is 0 Å². The van der Waals surface area contributed by atoms with Gasteiger partial charge in [0.05, 0.1) is 17.2 Å². The van der Waals surface area contributed by atoms with Gasteiger partial charge in [0.1, 0.15) is 17.2 Å². The van der Waals surface area contributed by atoms with Crippen molar-refractivity contribution < 1.29 is 29.3 Å². The Morgan fingerprint density at radius 3 is 2.43 bits per heavy atom. The van der Waals surface area contributed by atoms with Crippen LogP contribution in [0.15, 0.2) is 42.5 Å². The van der Waals surface area contributed by atoms with Crippen molar-refractivity contribution >= 4 is 23.5 Å². The molecule has 150 valence electrons. The lowest BCUT2D eigenvalue weighted by Crippen LogP contribution is -2.22. The molecule has 4 N–H and O–H groups in total. The molecule has 28 heavy (non-hydrogen) atoms. The molecule has 1 atom stereocenters. The summed E-state index contributed by atoms with van der Waals surface area (Å²) in [6.07, 6.45) is 0.264. The first-order chi connectivity index (χ1) is 13.4. The molecule has 0 fully saturated rings. The Morgan fingerprint density at radius 1 is 1.07 bits per heavy atom. The predicted octanol–water partition coefficient (Wildman–Crippen LogP) is 3.67. The van der Waals surface area contributed by atoms with Crippen LogP contribution in [0.25, 0.3) is 0 Å². The minimum Gasteiger partial charge on any atom is -0.493 e. The maximum Gasteiger partial charge on any atom is 0.303 e. The molecule has 0 aromatic heterocycles. The lowest BCUT2D eigenvalue weighted by Gasteiger charge is -2.18. The maximum atomic E-state index is 11.4. The Kier molecular flexibility index (Phi) is 8.10. The number of ether oxygens (including phenoxy) is 2. The van der Waals surface area contributed by atoms with E-state index >= 15 is 0 Å². The van der Waals surface area contributed by atoms with Crippen LogP contribution in [0.1, 0.15) is 37.4 Å². The van der Waals surface area contributed by atoms with E-state index in [1.54, 1.807) is 12.1 Å². The molecule has 1 unspecified atom stereocenters. The molecule has 7 nitrogen and oxygen atoms in total. The number of rotatable bonds is 11. The van der Waals surface area contributed by atoms with Gasteiger partial charge in [-0.1, -0.05) is 29.8 Å². The van der Waals surface area contributed by atoms with Crippen LogP contribution in [0.4, 0.5) is 0 Å². The summed E-state index contributed by atoms with van der Waals surface area (Å²) in [5.41, 5.74) is 5.27. The average Bonchev–Trinajstić information content (AvgIpc) is 2.64. The average molecular weight is 408 g/mol. The minimum absolute atomic E-state index is 0.0696. The fourth-order valence-electron chi connectivity index (χ4n) is 2.52. The number of para-hydroxylation sites is 1. The summed E-state index contributed by atoms with van der Waals surface area (Å²) in [6, 6.07) is 12.0. The van der Waals surface area contributed by atoms with E-state index in [9.17, 15) is 14.7 Å². The van der Waals surface area contributed by atoms with E-state index in [2.05, 4.69) is 0 Å². The Bertz CT molecular complexity index is 812. The number of aliphatic hydroxyl groups is 1. The third-order valence-corrected chi connectivity index (χ3v) is 4.19. The number of amides is 1. The number of carbonyl (C=O) groups is 2. The lowest BCUT2D eigenvalue weighted by atomic mass is 10.1. The molecule has 2 aromatic carbocycles. The summed E-state index contributed by atoms with van der Waals surface area (Å²) in [5.74, 6) is -0.655. The zero-order valence-electron chi connectivity index (χ0n) is 15.1. The third kappa shape index (κ3) is 6.44. The molecule has 0 aliphatic rings. The topological polar surface area (TPSA) is 119 Å². The SMILES string of the molecule is NC(=O)C(O)c1c(Cl)cc(Oc2ccccc2)cc1OCCCCCC(=O)O. The van der Waals surface area contributed by atoms with Crippen LogP contribution in [-0.4, -0.2) is 28.7 Å². The summed E-state index contributed by atoms with van der Waals surface area (Å²) in [6.45, 7) is 0.253. The first kappa shape index (κ1) is 21.5. The van der Waals surface area contributed by atoms with E-state index in [-0.39, 0.29) is 29.4 Å². The molecule has 0 bridgehead atoms. The first-order valence-electron chi connectivity index (χ1n) is 8.77. The predicted molar refractivity (Wildman–Crippen MR) is 104 cm³/mol. The van der Waals surface area contributed by atoms with Gasteiger partial charge in [0, 0.05) is 18.6 Å². The Labute approximate surface area is 167 Å². The van der Waals surface area contributed by atoms with E-state index in [1.807, 2.05) is 18.2 Å². The van der Waals surface area contributed by atoms with Crippen LogP contribution in [-0.2, 0) is 9.59 Å². The summed E-state index contributed by atoms with van der Waals surface area (Å²) >= 11 is 6.24. The van der Waals surface area contributed by atoms with Gasteiger partial charge in [-0.2, -0.15) is 0 Å². The van der Waals surface area contributed by atoms with E-state index in [4.69, 9.17) is 31.9 Å². The van der Waals surface area contributed by atoms with Crippen molar-refractivity contribution in [2.45, 2.75) is 31.8 Å². The van der Waals surface area contributed by atoms with Crippen molar-refractivity contribution in [2.75, 3.05) is 6.61 Å². The molecule has 2 rings (SSSR count). The quantitative estimate of drug-likeness (QED) is 0.489. The van der Waals surface area contributed by atoms with Gasteiger partial charge in [0.2, 0.25) is 0 Å². The number of aliphatic hydroxyl groups excluding tert-OH is 1. The Balaban J connectivity index is 2.15. The van der Waals surface area contributed by atoms with Crippen molar-refractivity contribution in [1.29, 1.82) is 0 Å². The number of hydrogen-bond acceptors (Lipinski definition) is 5. The van der Waals surface area contributed by atoms with Crippen LogP contribution in [0.5, 0.6) is 17.2 Å². The highest BCUT2D eigenvalue weighted by atomic mass is 35.5. The highest BCUT2D eigenvalue weighted by molar-refractivity contribution is 6.32. The largest absolute Gasteiger partial charge is 0.493 e. The highest BCUT2D eigenvalue weighted by Gasteiger charge is 2.24. The zero-order chi connectivity index (χ0) is 20.5. The molecule has 0 saturated carbocycles. The number of carboxylic acid groups (broad SMARTS) is 1. The molecule has 0 aliphatic carbocycles. The number of benzene rings is 2. The summed E-state index contributed by atoms with van der Waals surface area (Å²) in [5, 5.41) is 18.8. The van der Waals surface area contributed by atoms with Crippen LogP contribution in [0.3, 0.4) is 0 Å². The normalized spacial score (nSPS) is 11.6. The smallest absolute Gasteiger partial charge is 0.303 e. The zero-order valence-corrected chi connectivity index (χ0v) is 15.9. The van der Waals surface area contributed by atoms with Crippen LogP contribution in [0.2, 0.25) is 5.02 Å². The van der Waals surface area contributed by atoms with Gasteiger partial charge in [-0.3, -0.25) is 9.59 Å². The van der Waals surface area contributed by atoms with Gasteiger partial charge in [0.25, 0.3) is 5.91 Å². The molecule has 1 amide bonds. The molecule has 0 radical (unpaired) electrons. The van der Waals surface area contributed by atoms with E-state index in [0.29, 0.717) is 30.8 Å². The summed E-state index contributed by atoms with van der Waals surface area (Å²) in [7, 11) is 0. The molecule has 0 aliphatic heterocycles. The molecule has 0 heterocycles. The fraction of sp³-hybridized carbons (Fsp3) is 0.300. The maximum absolute atomic E-state index is 11.4. The Hall–Kier alpha value is -2.77. The monoisotopic (exact) mass is 407 g/mol. The highest BCUT2D eigenvalue weighted by Crippen LogP contribution is 2.38. The summed E-state index contributed by atoms with van der Waals surface area (Å²) in [4.78, 5) is 22.0. The minimum atomic E-state index is -1.62. The molecule has 8 heteroatoms. The van der Waals surface area contributed by atoms with E-state index in [1.165, 1.54) is 12.1 Å².